The van der Waals surface area contributed by atoms with Crippen molar-refractivity contribution in [1.29, 1.82) is 0 Å². The Labute approximate surface area is 110 Å². The highest BCUT2D eigenvalue weighted by molar-refractivity contribution is 6.31. The molecule has 0 aliphatic rings. The van der Waals surface area contributed by atoms with Crippen molar-refractivity contribution < 1.29 is 9.50 Å². The molecule has 0 aromatic heterocycles. The summed E-state index contributed by atoms with van der Waals surface area (Å²) < 4.78 is 12.9. The second-order valence-electron chi connectivity index (χ2n) is 4.15. The molecule has 3 N–H and O–H groups in total. The summed E-state index contributed by atoms with van der Waals surface area (Å²) in [6.45, 7) is 0. The van der Waals surface area contributed by atoms with Crippen LogP contribution < -0.4 is 5.73 Å². The third-order valence-electron chi connectivity index (χ3n) is 2.73. The first-order valence-electron chi connectivity index (χ1n) is 5.54. The largest absolute Gasteiger partial charge is 0.508 e. The van der Waals surface area contributed by atoms with E-state index >= 15 is 0 Å². The van der Waals surface area contributed by atoms with E-state index in [0.29, 0.717) is 17.0 Å². The summed E-state index contributed by atoms with van der Waals surface area (Å²) >= 11 is 5.95. The number of aromatic hydroxyl groups is 1. The summed E-state index contributed by atoms with van der Waals surface area (Å²) in [4.78, 5) is 0. The topological polar surface area (TPSA) is 46.2 Å². The van der Waals surface area contributed by atoms with Gasteiger partial charge in [0, 0.05) is 11.1 Å². The molecule has 0 aliphatic carbocycles. The Morgan fingerprint density at radius 2 is 2.00 bits per heavy atom. The zero-order valence-corrected chi connectivity index (χ0v) is 10.4. The van der Waals surface area contributed by atoms with E-state index in [0.717, 1.165) is 5.56 Å². The fraction of sp³-hybridized carbons (Fsp3) is 0.143. The molecule has 0 saturated heterocycles. The standard InChI is InChI=1S/C14H13ClFNO/c15-13-8-10(16)4-5-12(13)14(17)7-9-2-1-3-11(18)6-9/h1-6,8,14,18H,7,17H2. The molecule has 1 atom stereocenters. The molecule has 2 rings (SSSR count). The number of hydrogen-bond acceptors (Lipinski definition) is 2. The van der Waals surface area contributed by atoms with Gasteiger partial charge in [0.15, 0.2) is 0 Å². The van der Waals surface area contributed by atoms with Crippen LogP contribution in [0.25, 0.3) is 0 Å². The van der Waals surface area contributed by atoms with Gasteiger partial charge in [0.2, 0.25) is 0 Å². The summed E-state index contributed by atoms with van der Waals surface area (Å²) in [5.74, 6) is -0.182. The quantitative estimate of drug-likeness (QED) is 0.893. The average molecular weight is 266 g/mol. The smallest absolute Gasteiger partial charge is 0.124 e. The van der Waals surface area contributed by atoms with Crippen molar-refractivity contribution >= 4 is 11.6 Å². The van der Waals surface area contributed by atoms with E-state index in [1.54, 1.807) is 24.3 Å². The lowest BCUT2D eigenvalue weighted by Gasteiger charge is -2.14. The van der Waals surface area contributed by atoms with Crippen LogP contribution in [0.5, 0.6) is 5.75 Å². The van der Waals surface area contributed by atoms with Gasteiger partial charge in [-0.05, 0) is 41.8 Å². The molecule has 94 valence electrons. The van der Waals surface area contributed by atoms with Crippen molar-refractivity contribution in [3.63, 3.8) is 0 Å². The maximum Gasteiger partial charge on any atom is 0.124 e. The molecule has 0 spiro atoms. The van der Waals surface area contributed by atoms with Gasteiger partial charge >= 0.3 is 0 Å². The third kappa shape index (κ3) is 3.00. The maximum absolute atomic E-state index is 12.9. The van der Waals surface area contributed by atoms with E-state index in [2.05, 4.69) is 0 Å². The molecule has 0 heterocycles. The summed E-state index contributed by atoms with van der Waals surface area (Å²) in [5.41, 5.74) is 7.64. The number of benzene rings is 2. The van der Waals surface area contributed by atoms with Gasteiger partial charge < -0.3 is 10.8 Å². The van der Waals surface area contributed by atoms with Gasteiger partial charge in [0.25, 0.3) is 0 Å². The highest BCUT2D eigenvalue weighted by atomic mass is 35.5. The molecule has 2 aromatic rings. The summed E-state index contributed by atoms with van der Waals surface area (Å²) in [5, 5.41) is 9.69. The molecule has 0 amide bonds. The molecule has 0 radical (unpaired) electrons. The molecule has 4 heteroatoms. The minimum Gasteiger partial charge on any atom is -0.508 e. The second kappa shape index (κ2) is 5.38. The zero-order valence-electron chi connectivity index (χ0n) is 9.61. The molecular weight excluding hydrogens is 253 g/mol. The minimum absolute atomic E-state index is 0.199. The lowest BCUT2D eigenvalue weighted by Crippen LogP contribution is -2.13. The molecule has 0 bridgehead atoms. The van der Waals surface area contributed by atoms with Crippen molar-refractivity contribution in [2.24, 2.45) is 5.73 Å². The van der Waals surface area contributed by atoms with Gasteiger partial charge in [-0.15, -0.1) is 0 Å². The van der Waals surface area contributed by atoms with Crippen LogP contribution in [-0.4, -0.2) is 5.11 Å². The number of nitrogens with two attached hydrogens (primary N) is 1. The molecule has 2 nitrogen and oxygen atoms in total. The maximum atomic E-state index is 12.9. The first kappa shape index (κ1) is 12.9. The van der Waals surface area contributed by atoms with Crippen molar-refractivity contribution in [1.82, 2.24) is 0 Å². The van der Waals surface area contributed by atoms with E-state index < -0.39 is 0 Å². The van der Waals surface area contributed by atoms with Gasteiger partial charge in [-0.2, -0.15) is 0 Å². The highest BCUT2D eigenvalue weighted by Gasteiger charge is 2.11. The lowest BCUT2D eigenvalue weighted by molar-refractivity contribution is 0.474. The van der Waals surface area contributed by atoms with Crippen molar-refractivity contribution in [3.8, 4) is 5.75 Å². The van der Waals surface area contributed by atoms with Crippen LogP contribution >= 0.6 is 11.6 Å². The third-order valence-corrected chi connectivity index (χ3v) is 3.06. The van der Waals surface area contributed by atoms with Crippen LogP contribution in [0, 0.1) is 5.82 Å². The molecule has 0 aliphatic heterocycles. The Hall–Kier alpha value is -1.58. The van der Waals surface area contributed by atoms with Crippen molar-refractivity contribution in [2.75, 3.05) is 0 Å². The van der Waals surface area contributed by atoms with Crippen LogP contribution in [0.1, 0.15) is 17.2 Å². The van der Waals surface area contributed by atoms with Gasteiger partial charge in [0.05, 0.1) is 0 Å². The summed E-state index contributed by atoms with van der Waals surface area (Å²) in [7, 11) is 0. The highest BCUT2D eigenvalue weighted by Crippen LogP contribution is 2.25. The van der Waals surface area contributed by atoms with Gasteiger partial charge in [-0.1, -0.05) is 29.8 Å². The number of phenolic OH excluding ortho intramolecular Hbond substituents is 1. The van der Waals surface area contributed by atoms with Crippen LogP contribution in [0.4, 0.5) is 4.39 Å². The van der Waals surface area contributed by atoms with Crippen molar-refractivity contribution in [2.45, 2.75) is 12.5 Å². The SMILES string of the molecule is NC(Cc1cccc(O)c1)c1ccc(F)cc1Cl. The fourth-order valence-corrected chi connectivity index (χ4v) is 2.16. The lowest BCUT2D eigenvalue weighted by atomic mass is 9.99. The Balaban J connectivity index is 2.19. The average Bonchev–Trinajstić information content (AvgIpc) is 2.28. The summed E-state index contributed by atoms with van der Waals surface area (Å²) in [6.07, 6.45) is 0.528. The first-order valence-corrected chi connectivity index (χ1v) is 5.92. The van der Waals surface area contributed by atoms with E-state index in [1.807, 2.05) is 6.07 Å². The molecule has 0 saturated carbocycles. The normalized spacial score (nSPS) is 12.4. The number of halogens is 2. The molecule has 1 unspecified atom stereocenters. The van der Waals surface area contributed by atoms with E-state index in [4.69, 9.17) is 17.3 Å². The Bertz CT molecular complexity index is 559. The minimum atomic E-state index is -0.381. The van der Waals surface area contributed by atoms with Crippen LogP contribution in [0.15, 0.2) is 42.5 Å². The Morgan fingerprint density at radius 1 is 1.22 bits per heavy atom. The molecular formula is C14H13ClFNO. The summed E-state index contributed by atoms with van der Waals surface area (Å²) in [6, 6.07) is 10.7. The van der Waals surface area contributed by atoms with Gasteiger partial charge in [0.1, 0.15) is 11.6 Å². The van der Waals surface area contributed by atoms with Crippen LogP contribution in [0.3, 0.4) is 0 Å². The van der Waals surface area contributed by atoms with E-state index in [1.165, 1.54) is 12.1 Å². The molecule has 2 aromatic carbocycles. The number of hydrogen-bond donors (Lipinski definition) is 2. The van der Waals surface area contributed by atoms with E-state index in [-0.39, 0.29) is 17.6 Å². The van der Waals surface area contributed by atoms with E-state index in [9.17, 15) is 9.50 Å². The second-order valence-corrected chi connectivity index (χ2v) is 4.55. The number of phenols is 1. The molecule has 0 fully saturated rings. The zero-order chi connectivity index (χ0) is 13.1. The van der Waals surface area contributed by atoms with Gasteiger partial charge in [-0.3, -0.25) is 0 Å². The van der Waals surface area contributed by atoms with Crippen LogP contribution in [0.2, 0.25) is 5.02 Å². The number of rotatable bonds is 3. The fourth-order valence-electron chi connectivity index (χ4n) is 1.85. The predicted molar refractivity (Wildman–Crippen MR) is 70.1 cm³/mol. The molecule has 18 heavy (non-hydrogen) atoms. The van der Waals surface area contributed by atoms with Crippen molar-refractivity contribution in [3.05, 3.63) is 64.4 Å². The Morgan fingerprint density at radius 3 is 2.67 bits per heavy atom. The van der Waals surface area contributed by atoms with Crippen LogP contribution in [-0.2, 0) is 6.42 Å². The van der Waals surface area contributed by atoms with Gasteiger partial charge in [-0.25, -0.2) is 4.39 Å². The first-order chi connectivity index (χ1) is 8.56. The predicted octanol–water partition coefficient (Wildman–Crippen LogP) is 3.43. The Kier molecular flexibility index (Phi) is 3.84. The monoisotopic (exact) mass is 265 g/mol.